The number of methoxy groups -OCH3 is 1. The third-order valence-corrected chi connectivity index (χ3v) is 5.74. The van der Waals surface area contributed by atoms with Crippen molar-refractivity contribution in [3.8, 4) is 5.75 Å². The second-order valence-electron chi connectivity index (χ2n) is 7.93. The van der Waals surface area contributed by atoms with Gasteiger partial charge in [-0.2, -0.15) is 0 Å². The summed E-state index contributed by atoms with van der Waals surface area (Å²) in [6, 6.07) is 13.3. The first-order valence-electron chi connectivity index (χ1n) is 10.4. The van der Waals surface area contributed by atoms with E-state index in [0.29, 0.717) is 13.1 Å². The van der Waals surface area contributed by atoms with E-state index < -0.39 is 0 Å². The van der Waals surface area contributed by atoms with Crippen LogP contribution < -0.4 is 25.2 Å². The molecular formula is C23H32N4O3+2. The number of amides is 2. The Labute approximate surface area is 178 Å². The van der Waals surface area contributed by atoms with Gasteiger partial charge in [0, 0.05) is 11.4 Å². The van der Waals surface area contributed by atoms with Crippen molar-refractivity contribution in [2.45, 2.75) is 13.8 Å². The highest BCUT2D eigenvalue weighted by atomic mass is 16.5. The molecule has 2 aromatic rings. The van der Waals surface area contributed by atoms with Crippen LogP contribution in [0.1, 0.15) is 11.1 Å². The lowest BCUT2D eigenvalue weighted by Crippen LogP contribution is -3.28. The summed E-state index contributed by atoms with van der Waals surface area (Å²) >= 11 is 0. The Hall–Kier alpha value is -2.90. The number of benzene rings is 2. The number of aryl methyl sites for hydroxylation is 1. The van der Waals surface area contributed by atoms with Crippen molar-refractivity contribution in [3.05, 3.63) is 53.6 Å². The molecule has 1 saturated heterocycles. The topological polar surface area (TPSA) is 76.3 Å². The molecule has 1 aliphatic rings. The summed E-state index contributed by atoms with van der Waals surface area (Å²) < 4.78 is 5.13. The molecule has 0 radical (unpaired) electrons. The Bertz CT molecular complexity index is 875. The molecule has 0 spiro atoms. The molecule has 0 bridgehead atoms. The van der Waals surface area contributed by atoms with Gasteiger partial charge >= 0.3 is 0 Å². The summed E-state index contributed by atoms with van der Waals surface area (Å²) in [4.78, 5) is 27.3. The minimum absolute atomic E-state index is 0.00582. The summed E-state index contributed by atoms with van der Waals surface area (Å²) in [5.74, 6) is 0.810. The van der Waals surface area contributed by atoms with E-state index in [4.69, 9.17) is 4.74 Å². The third-order valence-electron chi connectivity index (χ3n) is 5.74. The van der Waals surface area contributed by atoms with Crippen LogP contribution in [-0.4, -0.2) is 58.2 Å². The van der Waals surface area contributed by atoms with E-state index in [0.717, 1.165) is 48.9 Å². The minimum Gasteiger partial charge on any atom is -0.497 e. The molecule has 4 N–H and O–H groups in total. The largest absolute Gasteiger partial charge is 0.497 e. The van der Waals surface area contributed by atoms with Gasteiger partial charge in [-0.3, -0.25) is 9.59 Å². The van der Waals surface area contributed by atoms with E-state index >= 15 is 0 Å². The molecule has 2 aromatic carbocycles. The quantitative estimate of drug-likeness (QED) is 0.503. The Kier molecular flexibility index (Phi) is 7.43. The molecule has 0 unspecified atom stereocenters. The molecule has 7 heteroatoms. The molecule has 160 valence electrons. The van der Waals surface area contributed by atoms with Gasteiger partial charge in [0.2, 0.25) is 0 Å². The molecular weight excluding hydrogens is 380 g/mol. The number of piperazine rings is 1. The van der Waals surface area contributed by atoms with E-state index in [9.17, 15) is 9.59 Å². The Morgan fingerprint density at radius 3 is 2.00 bits per heavy atom. The van der Waals surface area contributed by atoms with Crippen LogP contribution in [0.5, 0.6) is 5.75 Å². The first-order valence-corrected chi connectivity index (χ1v) is 10.4. The highest BCUT2D eigenvalue weighted by Crippen LogP contribution is 2.17. The van der Waals surface area contributed by atoms with E-state index in [1.807, 2.05) is 56.3 Å². The van der Waals surface area contributed by atoms with E-state index in [1.165, 1.54) is 15.4 Å². The average molecular weight is 413 g/mol. The first-order chi connectivity index (χ1) is 14.4. The summed E-state index contributed by atoms with van der Waals surface area (Å²) in [6.45, 7) is 8.48. The van der Waals surface area contributed by atoms with Crippen molar-refractivity contribution < 1.29 is 24.1 Å². The standard InChI is InChI=1S/C23H30N4O3/c1-17-5-4-6-21(18(17)2)25-23(29)16-27-13-11-26(12-14-27)15-22(28)24-19-7-9-20(30-3)10-8-19/h4-10H,11-16H2,1-3H3,(H,24,28)(H,25,29)/p+2. The van der Waals surface area contributed by atoms with Gasteiger partial charge in [0.25, 0.3) is 11.8 Å². The molecule has 1 heterocycles. The van der Waals surface area contributed by atoms with Crippen LogP contribution in [0.15, 0.2) is 42.5 Å². The number of hydrogen-bond acceptors (Lipinski definition) is 3. The van der Waals surface area contributed by atoms with Crippen LogP contribution >= 0.6 is 0 Å². The fourth-order valence-corrected chi connectivity index (χ4v) is 3.73. The second kappa shape index (κ2) is 10.2. The molecule has 30 heavy (non-hydrogen) atoms. The normalized spacial score (nSPS) is 18.5. The lowest BCUT2D eigenvalue weighted by atomic mass is 10.1. The maximum Gasteiger partial charge on any atom is 0.279 e. The van der Waals surface area contributed by atoms with E-state index in [2.05, 4.69) is 10.6 Å². The molecule has 0 atom stereocenters. The lowest BCUT2D eigenvalue weighted by Gasteiger charge is -2.29. The van der Waals surface area contributed by atoms with Crippen LogP contribution in [0.4, 0.5) is 11.4 Å². The molecule has 1 aliphatic heterocycles. The first kappa shape index (κ1) is 21.8. The SMILES string of the molecule is COc1ccc(NC(=O)C[NH+]2CC[NH+](CC(=O)Nc3cccc(C)c3C)CC2)cc1. The Balaban J connectivity index is 1.40. The number of quaternary nitrogens is 2. The van der Waals surface area contributed by atoms with Crippen LogP contribution in [0, 0.1) is 13.8 Å². The highest BCUT2D eigenvalue weighted by molar-refractivity contribution is 5.92. The maximum atomic E-state index is 12.4. The fraction of sp³-hybridized carbons (Fsp3) is 0.391. The molecule has 0 aromatic heterocycles. The zero-order valence-electron chi connectivity index (χ0n) is 18.0. The van der Waals surface area contributed by atoms with Gasteiger partial charge in [0.05, 0.1) is 7.11 Å². The van der Waals surface area contributed by atoms with Crippen molar-refractivity contribution in [1.82, 2.24) is 0 Å². The zero-order chi connectivity index (χ0) is 21.5. The number of rotatable bonds is 7. The van der Waals surface area contributed by atoms with Crippen molar-refractivity contribution >= 4 is 23.2 Å². The Morgan fingerprint density at radius 2 is 1.43 bits per heavy atom. The number of ether oxygens (including phenoxy) is 1. The molecule has 7 nitrogen and oxygen atoms in total. The maximum absolute atomic E-state index is 12.4. The van der Waals surface area contributed by atoms with Gasteiger partial charge in [-0.15, -0.1) is 0 Å². The van der Waals surface area contributed by atoms with Crippen LogP contribution in [0.3, 0.4) is 0 Å². The van der Waals surface area contributed by atoms with Crippen molar-refractivity contribution in [2.75, 3.05) is 57.0 Å². The number of nitrogens with one attached hydrogen (secondary N) is 4. The minimum atomic E-state index is 0.00582. The van der Waals surface area contributed by atoms with Crippen LogP contribution in [-0.2, 0) is 9.59 Å². The molecule has 0 saturated carbocycles. The Morgan fingerprint density at radius 1 is 0.867 bits per heavy atom. The molecule has 0 aliphatic carbocycles. The predicted molar refractivity (Wildman–Crippen MR) is 117 cm³/mol. The van der Waals surface area contributed by atoms with Gasteiger partial charge in [0.15, 0.2) is 13.1 Å². The second-order valence-corrected chi connectivity index (χ2v) is 7.93. The number of anilines is 2. The van der Waals surface area contributed by atoms with Crippen molar-refractivity contribution in [1.29, 1.82) is 0 Å². The zero-order valence-corrected chi connectivity index (χ0v) is 18.0. The van der Waals surface area contributed by atoms with Crippen LogP contribution in [0.25, 0.3) is 0 Å². The van der Waals surface area contributed by atoms with E-state index in [1.54, 1.807) is 7.11 Å². The third kappa shape index (κ3) is 6.05. The van der Waals surface area contributed by atoms with Crippen molar-refractivity contribution in [2.24, 2.45) is 0 Å². The summed E-state index contributed by atoms with van der Waals surface area (Å²) in [5, 5.41) is 5.97. The fourth-order valence-electron chi connectivity index (χ4n) is 3.73. The number of carbonyl (C=O) groups excluding carboxylic acids is 2. The summed E-state index contributed by atoms with van der Waals surface area (Å²) in [5.41, 5.74) is 3.94. The average Bonchev–Trinajstić information content (AvgIpc) is 2.73. The van der Waals surface area contributed by atoms with Gasteiger partial charge in [-0.05, 0) is 55.3 Å². The summed E-state index contributed by atoms with van der Waals surface area (Å²) in [7, 11) is 1.62. The molecule has 3 rings (SSSR count). The van der Waals surface area contributed by atoms with Gasteiger partial charge in [0.1, 0.15) is 31.9 Å². The van der Waals surface area contributed by atoms with Gasteiger partial charge in [-0.25, -0.2) is 0 Å². The number of hydrogen-bond donors (Lipinski definition) is 4. The van der Waals surface area contributed by atoms with E-state index in [-0.39, 0.29) is 11.8 Å². The molecule has 1 fully saturated rings. The summed E-state index contributed by atoms with van der Waals surface area (Å²) in [6.07, 6.45) is 0. The monoisotopic (exact) mass is 412 g/mol. The smallest absolute Gasteiger partial charge is 0.279 e. The van der Waals surface area contributed by atoms with Gasteiger partial charge < -0.3 is 25.2 Å². The van der Waals surface area contributed by atoms with Crippen LogP contribution in [0.2, 0.25) is 0 Å². The lowest BCUT2D eigenvalue weighted by molar-refractivity contribution is -1.00. The predicted octanol–water partition coefficient (Wildman–Crippen LogP) is -0.327. The molecule has 2 amide bonds. The highest BCUT2D eigenvalue weighted by Gasteiger charge is 2.26. The van der Waals surface area contributed by atoms with Crippen molar-refractivity contribution in [3.63, 3.8) is 0 Å². The van der Waals surface area contributed by atoms with Gasteiger partial charge in [-0.1, -0.05) is 12.1 Å². The number of carbonyl (C=O) groups is 2.